The van der Waals surface area contributed by atoms with Gasteiger partial charge in [-0.15, -0.1) is 0 Å². The molecule has 3 aromatic carbocycles. The number of rotatable bonds is 2. The van der Waals surface area contributed by atoms with Gasteiger partial charge in [0.25, 0.3) is 0 Å². The van der Waals surface area contributed by atoms with Gasteiger partial charge in [0.05, 0.1) is 18.5 Å². The number of allylic oxidation sites excluding steroid dienone is 2. The predicted molar refractivity (Wildman–Crippen MR) is 155 cm³/mol. The Hall–Kier alpha value is -3.77. The molecule has 0 radical (unpaired) electrons. The molecule has 6 nitrogen and oxygen atoms in total. The zero-order valence-corrected chi connectivity index (χ0v) is 22.2. The van der Waals surface area contributed by atoms with Gasteiger partial charge in [0.15, 0.2) is 0 Å². The number of carbonyl (C=O) groups is 1. The molecule has 1 atom stereocenters. The van der Waals surface area contributed by atoms with Gasteiger partial charge >= 0.3 is 0 Å². The zero-order valence-electron chi connectivity index (χ0n) is 22.2. The number of benzene rings is 3. The first-order chi connectivity index (χ1) is 18.4. The Kier molecular flexibility index (Phi) is 9.08. The average Bonchev–Trinajstić information content (AvgIpc) is 2.91. The highest BCUT2D eigenvalue weighted by atomic mass is 16.5. The molecule has 0 aliphatic heterocycles. The fourth-order valence-corrected chi connectivity index (χ4v) is 5.29. The van der Waals surface area contributed by atoms with Crippen molar-refractivity contribution in [1.29, 1.82) is 0 Å². The maximum atomic E-state index is 11.1. The molecule has 0 spiro atoms. The van der Waals surface area contributed by atoms with Crippen LogP contribution in [0.4, 0.5) is 17.1 Å². The number of Topliss-reactive ketones (excluding diaryl/α,β-unsaturated/α-hetero) is 1. The van der Waals surface area contributed by atoms with E-state index in [1.807, 2.05) is 43.3 Å². The molecule has 38 heavy (non-hydrogen) atoms. The minimum atomic E-state index is -0.192. The Morgan fingerprint density at radius 2 is 1.37 bits per heavy atom. The van der Waals surface area contributed by atoms with Crippen molar-refractivity contribution < 1.29 is 14.6 Å². The van der Waals surface area contributed by atoms with Crippen LogP contribution in [0.15, 0.2) is 66.4 Å². The lowest BCUT2D eigenvalue weighted by Gasteiger charge is -2.21. The van der Waals surface area contributed by atoms with Gasteiger partial charge in [-0.3, -0.25) is 4.79 Å². The lowest BCUT2D eigenvalue weighted by Crippen LogP contribution is -2.19. The number of nitrogen functional groups attached to an aromatic ring is 3. The number of carbonyl (C=O) groups excluding carboxylic acids is 1. The molecular weight excluding hydrogens is 474 g/mol. The van der Waals surface area contributed by atoms with Crippen LogP contribution >= 0.6 is 0 Å². The van der Waals surface area contributed by atoms with Crippen LogP contribution in [-0.2, 0) is 48.1 Å². The molecule has 0 aromatic heterocycles. The fraction of sp³-hybridized carbons (Fsp3) is 0.344. The van der Waals surface area contributed by atoms with Crippen LogP contribution in [-0.4, -0.2) is 23.6 Å². The average molecular weight is 514 g/mol. The number of aliphatic hydroxyl groups excluding tert-OH is 1. The molecule has 200 valence electrons. The quantitative estimate of drug-likeness (QED) is 0.367. The third-order valence-electron chi connectivity index (χ3n) is 7.39. The number of aliphatic hydroxyl groups is 1. The predicted octanol–water partition coefficient (Wildman–Crippen LogP) is 4.73. The van der Waals surface area contributed by atoms with Crippen molar-refractivity contribution in [3.63, 3.8) is 0 Å². The van der Waals surface area contributed by atoms with Crippen molar-refractivity contribution in [3.8, 4) is 0 Å². The van der Waals surface area contributed by atoms with E-state index in [-0.39, 0.29) is 6.10 Å². The minimum Gasteiger partial charge on any atom is -0.498 e. The molecule has 7 N–H and O–H groups in total. The number of hydrogen-bond acceptors (Lipinski definition) is 6. The summed E-state index contributed by atoms with van der Waals surface area (Å²) in [7, 11) is 0. The van der Waals surface area contributed by atoms with Crippen molar-refractivity contribution in [2.24, 2.45) is 0 Å². The van der Waals surface area contributed by atoms with E-state index in [9.17, 15) is 9.90 Å². The second-order valence-corrected chi connectivity index (χ2v) is 10.1. The number of nitrogens with two attached hydrogens (primary N) is 3. The van der Waals surface area contributed by atoms with Crippen molar-refractivity contribution in [2.45, 2.75) is 64.4 Å². The lowest BCUT2D eigenvalue weighted by atomic mass is 9.89. The van der Waals surface area contributed by atoms with E-state index in [2.05, 4.69) is 24.3 Å². The van der Waals surface area contributed by atoms with E-state index >= 15 is 0 Å². The standard InChI is InChI=1S/C12H15NO.C10H13NO.C10H11NO/c1-2-14-10-7-6-9-4-3-5-12(13)11(9)8-10;2*11-10-3-1-2-7-4-5-8(12)6-9(7)10/h3-5,7H,2,6,8,13H2,1H3;1-3,8,12H,4-6,11H2;1-3H,4-6,11H2. The van der Waals surface area contributed by atoms with E-state index in [1.54, 1.807) is 0 Å². The molecule has 0 saturated heterocycles. The van der Waals surface area contributed by atoms with E-state index in [0.717, 1.165) is 79.1 Å². The van der Waals surface area contributed by atoms with Gasteiger partial charge in [-0.05, 0) is 90.3 Å². The summed E-state index contributed by atoms with van der Waals surface area (Å²) in [5, 5.41) is 9.42. The third kappa shape index (κ3) is 6.75. The summed E-state index contributed by atoms with van der Waals surface area (Å²) in [6, 6.07) is 17.9. The fourth-order valence-electron chi connectivity index (χ4n) is 5.29. The minimum absolute atomic E-state index is 0.192. The Bertz CT molecular complexity index is 1320. The summed E-state index contributed by atoms with van der Waals surface area (Å²) < 4.78 is 5.50. The van der Waals surface area contributed by atoms with Gasteiger partial charge < -0.3 is 27.0 Å². The summed E-state index contributed by atoms with van der Waals surface area (Å²) in [5.74, 6) is 1.36. The molecular formula is C32H39N3O3. The van der Waals surface area contributed by atoms with Crippen molar-refractivity contribution in [1.82, 2.24) is 0 Å². The molecule has 0 amide bonds. The molecule has 1 unspecified atom stereocenters. The number of aryl methyl sites for hydroxylation is 2. The van der Waals surface area contributed by atoms with Gasteiger partial charge in [-0.2, -0.15) is 0 Å². The Morgan fingerprint density at radius 1 is 0.789 bits per heavy atom. The summed E-state index contributed by atoms with van der Waals surface area (Å²) in [6.07, 6.45) is 8.36. The first kappa shape index (κ1) is 27.3. The molecule has 3 aliphatic carbocycles. The largest absolute Gasteiger partial charge is 0.498 e. The third-order valence-corrected chi connectivity index (χ3v) is 7.39. The van der Waals surface area contributed by atoms with Gasteiger partial charge in [0, 0.05) is 42.7 Å². The van der Waals surface area contributed by atoms with E-state index < -0.39 is 0 Å². The molecule has 3 aliphatic rings. The summed E-state index contributed by atoms with van der Waals surface area (Å²) >= 11 is 0. The van der Waals surface area contributed by atoms with Crippen LogP contribution in [0, 0.1) is 0 Å². The van der Waals surface area contributed by atoms with Gasteiger partial charge in [-0.1, -0.05) is 36.4 Å². The molecule has 0 fully saturated rings. The van der Waals surface area contributed by atoms with Crippen molar-refractivity contribution in [2.75, 3.05) is 23.8 Å². The number of fused-ring (bicyclic) bond motifs is 3. The monoisotopic (exact) mass is 513 g/mol. The summed E-state index contributed by atoms with van der Waals surface area (Å²) in [5.41, 5.74) is 27.2. The number of anilines is 3. The maximum absolute atomic E-state index is 11.1. The van der Waals surface area contributed by atoms with Crippen LogP contribution in [0.2, 0.25) is 0 Å². The van der Waals surface area contributed by atoms with E-state index in [4.69, 9.17) is 21.9 Å². The van der Waals surface area contributed by atoms with E-state index in [1.165, 1.54) is 22.3 Å². The first-order valence-corrected chi connectivity index (χ1v) is 13.5. The van der Waals surface area contributed by atoms with Gasteiger partial charge in [0.1, 0.15) is 5.78 Å². The zero-order chi connectivity index (χ0) is 27.1. The molecule has 0 saturated carbocycles. The van der Waals surface area contributed by atoms with Crippen molar-refractivity contribution in [3.05, 3.63) is 99.8 Å². The number of ketones is 1. The Labute approximate surface area is 225 Å². The normalized spacial score (nSPS) is 17.3. The van der Waals surface area contributed by atoms with Crippen LogP contribution in [0.25, 0.3) is 0 Å². The molecule has 6 rings (SSSR count). The summed E-state index contributed by atoms with van der Waals surface area (Å²) in [6.45, 7) is 2.73. The van der Waals surface area contributed by atoms with Crippen LogP contribution < -0.4 is 17.2 Å². The molecule has 6 heteroatoms. The summed E-state index contributed by atoms with van der Waals surface area (Å²) in [4.78, 5) is 11.1. The maximum Gasteiger partial charge on any atom is 0.137 e. The highest BCUT2D eigenvalue weighted by Gasteiger charge is 2.18. The highest BCUT2D eigenvalue weighted by Crippen LogP contribution is 2.27. The SMILES string of the molecule is CCOC1=CCc2cccc(N)c2C1.Nc1cccc2c1CC(=O)CC2.Nc1cccc2c1CC(O)CC2. The first-order valence-electron chi connectivity index (χ1n) is 13.5. The topological polar surface area (TPSA) is 125 Å². The molecule has 0 bridgehead atoms. The van der Waals surface area contributed by atoms with E-state index in [0.29, 0.717) is 18.6 Å². The molecule has 0 heterocycles. The van der Waals surface area contributed by atoms with Crippen LogP contribution in [0.5, 0.6) is 0 Å². The number of ether oxygens (including phenoxy) is 1. The van der Waals surface area contributed by atoms with Gasteiger partial charge in [-0.25, -0.2) is 0 Å². The molecule has 3 aromatic rings. The highest BCUT2D eigenvalue weighted by molar-refractivity contribution is 5.85. The van der Waals surface area contributed by atoms with Gasteiger partial charge in [0.2, 0.25) is 0 Å². The second kappa shape index (κ2) is 12.7. The Morgan fingerprint density at radius 3 is 2.03 bits per heavy atom. The van der Waals surface area contributed by atoms with Crippen molar-refractivity contribution >= 4 is 22.8 Å². The lowest BCUT2D eigenvalue weighted by molar-refractivity contribution is -0.118. The number of hydrogen-bond donors (Lipinski definition) is 4. The smallest absolute Gasteiger partial charge is 0.137 e. The van der Waals surface area contributed by atoms with Crippen LogP contribution in [0.1, 0.15) is 53.1 Å². The second-order valence-electron chi connectivity index (χ2n) is 10.1. The Balaban J connectivity index is 0.000000133. The van der Waals surface area contributed by atoms with Crippen LogP contribution in [0.3, 0.4) is 0 Å².